The minimum atomic E-state index is -1.18. The minimum Gasteiger partial charge on any atom is -0.479 e. The molecule has 0 fully saturated rings. The Morgan fingerprint density at radius 1 is 1.69 bits per heavy atom. The number of nitrogens with zero attached hydrogens (tertiary/aromatic N) is 1. The van der Waals surface area contributed by atoms with Gasteiger partial charge in [-0.2, -0.15) is 4.98 Å². The van der Waals surface area contributed by atoms with Crippen molar-refractivity contribution in [3.05, 3.63) is 17.3 Å². The number of amides is 1. The van der Waals surface area contributed by atoms with E-state index in [0.717, 1.165) is 0 Å². The Morgan fingerprint density at radius 3 is 2.92 bits per heavy atom. The molecule has 0 atom stereocenters. The van der Waals surface area contributed by atoms with Crippen LogP contribution < -0.4 is 10.1 Å². The lowest BCUT2D eigenvalue weighted by molar-refractivity contribution is 0.209. The topological polar surface area (TPSA) is 71.5 Å². The third kappa shape index (κ3) is 2.48. The molecule has 1 amide bonds. The molecule has 0 bridgehead atoms. The molecule has 0 aliphatic heterocycles. The van der Waals surface area contributed by atoms with Gasteiger partial charge in [-0.15, -0.1) is 0 Å². The summed E-state index contributed by atoms with van der Waals surface area (Å²) in [6, 6.07) is 2.94. The molecule has 0 aromatic carbocycles. The molecule has 0 aliphatic carbocycles. The highest BCUT2D eigenvalue weighted by atomic mass is 35.5. The number of hydrogen-bond donors (Lipinski definition) is 2. The molecular weight excluding hydrogens is 196 g/mol. The van der Waals surface area contributed by atoms with E-state index in [4.69, 9.17) is 21.4 Å². The van der Waals surface area contributed by atoms with Crippen LogP contribution in [-0.2, 0) is 0 Å². The predicted molar refractivity (Wildman–Crippen MR) is 47.4 cm³/mol. The van der Waals surface area contributed by atoms with E-state index in [2.05, 4.69) is 10.3 Å². The number of methoxy groups -OCH3 is 1. The third-order valence-corrected chi connectivity index (χ3v) is 1.47. The van der Waals surface area contributed by atoms with Gasteiger partial charge in [0.15, 0.2) is 0 Å². The van der Waals surface area contributed by atoms with Crippen molar-refractivity contribution in [3.8, 4) is 5.88 Å². The van der Waals surface area contributed by atoms with E-state index < -0.39 is 6.09 Å². The van der Waals surface area contributed by atoms with Gasteiger partial charge in [0, 0.05) is 0 Å². The summed E-state index contributed by atoms with van der Waals surface area (Å²) in [4.78, 5) is 14.1. The standard InChI is InChI=1S/C7H7ClN2O3/c1-13-6-4(9-7(11)12)2-3-5(8)10-6/h2-3,9H,1H3,(H,11,12). The molecule has 1 aromatic rings. The van der Waals surface area contributed by atoms with Gasteiger partial charge in [0.1, 0.15) is 10.8 Å². The Kier molecular flexibility index (Phi) is 2.92. The molecule has 0 saturated carbocycles. The largest absolute Gasteiger partial charge is 0.479 e. The average Bonchev–Trinajstić information content (AvgIpc) is 2.07. The molecule has 5 nitrogen and oxygen atoms in total. The molecule has 1 rings (SSSR count). The predicted octanol–water partition coefficient (Wildman–Crippen LogP) is 1.83. The van der Waals surface area contributed by atoms with E-state index in [1.54, 1.807) is 0 Å². The zero-order chi connectivity index (χ0) is 9.84. The number of pyridine rings is 1. The van der Waals surface area contributed by atoms with Crippen molar-refractivity contribution in [1.82, 2.24) is 4.98 Å². The molecule has 6 heteroatoms. The molecule has 1 heterocycles. The van der Waals surface area contributed by atoms with E-state index in [-0.39, 0.29) is 16.7 Å². The fraction of sp³-hybridized carbons (Fsp3) is 0.143. The number of anilines is 1. The van der Waals surface area contributed by atoms with Crippen molar-refractivity contribution < 1.29 is 14.6 Å². The van der Waals surface area contributed by atoms with Crippen LogP contribution in [-0.4, -0.2) is 23.3 Å². The number of rotatable bonds is 2. The van der Waals surface area contributed by atoms with Crippen molar-refractivity contribution in [3.63, 3.8) is 0 Å². The maximum Gasteiger partial charge on any atom is 0.409 e. The quantitative estimate of drug-likeness (QED) is 0.718. The van der Waals surface area contributed by atoms with Crippen LogP contribution in [0.5, 0.6) is 5.88 Å². The van der Waals surface area contributed by atoms with E-state index >= 15 is 0 Å². The lowest BCUT2D eigenvalue weighted by Crippen LogP contribution is -2.08. The van der Waals surface area contributed by atoms with Gasteiger partial charge in [0.2, 0.25) is 5.88 Å². The Bertz CT molecular complexity index is 330. The second-order valence-corrected chi connectivity index (χ2v) is 2.51. The molecule has 0 unspecified atom stereocenters. The zero-order valence-electron chi connectivity index (χ0n) is 6.74. The highest BCUT2D eigenvalue weighted by molar-refractivity contribution is 6.29. The van der Waals surface area contributed by atoms with Crippen molar-refractivity contribution in [2.45, 2.75) is 0 Å². The van der Waals surface area contributed by atoms with Crippen molar-refractivity contribution >= 4 is 23.4 Å². The number of carbonyl (C=O) groups is 1. The first-order valence-corrected chi connectivity index (χ1v) is 3.71. The highest BCUT2D eigenvalue weighted by Crippen LogP contribution is 2.23. The van der Waals surface area contributed by atoms with Gasteiger partial charge in [0.25, 0.3) is 0 Å². The van der Waals surface area contributed by atoms with Gasteiger partial charge >= 0.3 is 6.09 Å². The van der Waals surface area contributed by atoms with Crippen molar-refractivity contribution in [2.75, 3.05) is 12.4 Å². The van der Waals surface area contributed by atoms with E-state index in [1.807, 2.05) is 0 Å². The minimum absolute atomic E-state index is 0.148. The van der Waals surface area contributed by atoms with Gasteiger partial charge in [0.05, 0.1) is 7.11 Å². The highest BCUT2D eigenvalue weighted by Gasteiger charge is 2.07. The summed E-state index contributed by atoms with van der Waals surface area (Å²) in [6.07, 6.45) is -1.18. The summed E-state index contributed by atoms with van der Waals surface area (Å²) >= 11 is 5.57. The van der Waals surface area contributed by atoms with Gasteiger partial charge in [-0.05, 0) is 12.1 Å². The average molecular weight is 203 g/mol. The van der Waals surface area contributed by atoms with E-state index in [9.17, 15) is 4.79 Å². The fourth-order valence-corrected chi connectivity index (χ4v) is 0.924. The molecule has 0 saturated heterocycles. The summed E-state index contributed by atoms with van der Waals surface area (Å²) in [5.74, 6) is 0.148. The van der Waals surface area contributed by atoms with Crippen molar-refractivity contribution in [1.29, 1.82) is 0 Å². The summed E-state index contributed by atoms with van der Waals surface area (Å²) in [5, 5.41) is 10.8. The molecule has 0 spiro atoms. The first kappa shape index (κ1) is 9.60. The van der Waals surface area contributed by atoms with Crippen LogP contribution in [0.25, 0.3) is 0 Å². The summed E-state index contributed by atoms with van der Waals surface area (Å²) < 4.78 is 4.81. The van der Waals surface area contributed by atoms with Crippen LogP contribution in [0.4, 0.5) is 10.5 Å². The first-order chi connectivity index (χ1) is 6.13. The number of aromatic nitrogens is 1. The van der Waals surface area contributed by atoms with Crippen LogP contribution in [0.15, 0.2) is 12.1 Å². The summed E-state index contributed by atoms with van der Waals surface area (Å²) in [7, 11) is 1.38. The normalized spacial score (nSPS) is 9.38. The van der Waals surface area contributed by atoms with Gasteiger partial charge in [-0.3, -0.25) is 5.32 Å². The molecule has 13 heavy (non-hydrogen) atoms. The van der Waals surface area contributed by atoms with Gasteiger partial charge < -0.3 is 9.84 Å². The van der Waals surface area contributed by atoms with Crippen LogP contribution in [0.1, 0.15) is 0 Å². The van der Waals surface area contributed by atoms with Gasteiger partial charge in [-0.1, -0.05) is 11.6 Å². The molecule has 0 aliphatic rings. The summed E-state index contributed by atoms with van der Waals surface area (Å²) in [6.45, 7) is 0. The smallest absolute Gasteiger partial charge is 0.409 e. The number of carboxylic acid groups (broad SMARTS) is 1. The summed E-state index contributed by atoms with van der Waals surface area (Å²) in [5.41, 5.74) is 0.263. The maximum atomic E-state index is 10.3. The molecule has 70 valence electrons. The van der Waals surface area contributed by atoms with Crippen LogP contribution in [0, 0.1) is 0 Å². The number of nitrogens with one attached hydrogen (secondary N) is 1. The fourth-order valence-electron chi connectivity index (χ4n) is 0.784. The SMILES string of the molecule is COc1nc(Cl)ccc1NC(=O)O. The van der Waals surface area contributed by atoms with E-state index in [0.29, 0.717) is 0 Å². The monoisotopic (exact) mass is 202 g/mol. The number of hydrogen-bond acceptors (Lipinski definition) is 3. The lowest BCUT2D eigenvalue weighted by atomic mass is 10.4. The maximum absolute atomic E-state index is 10.3. The second-order valence-electron chi connectivity index (χ2n) is 2.12. The third-order valence-electron chi connectivity index (χ3n) is 1.26. The molecular formula is C7H7ClN2O3. The van der Waals surface area contributed by atoms with Crippen LogP contribution in [0.2, 0.25) is 5.15 Å². The molecule has 1 aromatic heterocycles. The molecule has 2 N–H and O–H groups in total. The Morgan fingerprint density at radius 2 is 2.38 bits per heavy atom. The van der Waals surface area contributed by atoms with Crippen LogP contribution in [0.3, 0.4) is 0 Å². The van der Waals surface area contributed by atoms with E-state index in [1.165, 1.54) is 19.2 Å². The number of ether oxygens (including phenoxy) is 1. The number of halogens is 1. The second kappa shape index (κ2) is 3.95. The zero-order valence-corrected chi connectivity index (χ0v) is 7.50. The lowest BCUT2D eigenvalue weighted by Gasteiger charge is -2.05. The van der Waals surface area contributed by atoms with Crippen LogP contribution >= 0.6 is 11.6 Å². The Balaban J connectivity index is 2.99. The van der Waals surface area contributed by atoms with Crippen molar-refractivity contribution in [2.24, 2.45) is 0 Å². The Hall–Kier alpha value is -1.49. The Labute approximate surface area is 79.3 Å². The first-order valence-electron chi connectivity index (χ1n) is 3.34. The van der Waals surface area contributed by atoms with Gasteiger partial charge in [-0.25, -0.2) is 4.79 Å². The molecule has 0 radical (unpaired) electrons.